The summed E-state index contributed by atoms with van der Waals surface area (Å²) in [6.45, 7) is 0. The van der Waals surface area contributed by atoms with Crippen LogP contribution >= 0.6 is 23.5 Å². The number of benzene rings is 1. The van der Waals surface area contributed by atoms with Crippen molar-refractivity contribution in [3.63, 3.8) is 0 Å². The Morgan fingerprint density at radius 2 is 2.14 bits per heavy atom. The number of hydrogen-bond donors (Lipinski definition) is 2. The standard InChI is InChI=1S/C11H9F2N3O3S2/c12-9(13)21-7-4-2-1-3-6(7)16-10(19)14-15-11(16)20-5-8(17)18/h1-4,9H,5H2,(H,14,19)(H,17,18). The molecule has 6 nitrogen and oxygen atoms in total. The topological polar surface area (TPSA) is 88.0 Å². The Balaban J connectivity index is 2.44. The first-order valence-corrected chi connectivity index (χ1v) is 7.42. The van der Waals surface area contributed by atoms with E-state index >= 15 is 0 Å². The number of rotatable bonds is 6. The molecule has 0 spiro atoms. The van der Waals surface area contributed by atoms with E-state index in [1.807, 2.05) is 0 Å². The average molecular weight is 333 g/mol. The lowest BCUT2D eigenvalue weighted by atomic mass is 10.3. The zero-order valence-corrected chi connectivity index (χ0v) is 12.0. The molecular weight excluding hydrogens is 324 g/mol. The van der Waals surface area contributed by atoms with Gasteiger partial charge in [-0.3, -0.25) is 4.79 Å². The molecule has 2 rings (SSSR count). The number of aliphatic carboxylic acids is 1. The molecule has 0 saturated heterocycles. The average Bonchev–Trinajstić information content (AvgIpc) is 2.77. The molecule has 0 amide bonds. The normalized spacial score (nSPS) is 11.0. The maximum Gasteiger partial charge on any atom is 0.348 e. The molecule has 0 aliphatic carbocycles. The van der Waals surface area contributed by atoms with Gasteiger partial charge in [-0.2, -0.15) is 8.78 Å². The smallest absolute Gasteiger partial charge is 0.348 e. The van der Waals surface area contributed by atoms with E-state index in [0.29, 0.717) is 11.8 Å². The second kappa shape index (κ2) is 6.76. The molecule has 0 fully saturated rings. The van der Waals surface area contributed by atoms with E-state index in [0.717, 1.165) is 16.3 Å². The molecule has 0 aliphatic rings. The third-order valence-electron chi connectivity index (χ3n) is 2.29. The minimum Gasteiger partial charge on any atom is -0.481 e. The van der Waals surface area contributed by atoms with Gasteiger partial charge >= 0.3 is 11.7 Å². The first-order valence-electron chi connectivity index (χ1n) is 5.55. The molecule has 0 aliphatic heterocycles. The highest BCUT2D eigenvalue weighted by Gasteiger charge is 2.17. The number of halogens is 2. The Morgan fingerprint density at radius 3 is 2.81 bits per heavy atom. The Labute approximate surface area is 125 Å². The molecule has 10 heteroatoms. The molecule has 1 aromatic carbocycles. The van der Waals surface area contributed by atoms with E-state index < -0.39 is 17.4 Å². The van der Waals surface area contributed by atoms with Crippen LogP contribution in [0.2, 0.25) is 0 Å². The molecule has 2 aromatic rings. The molecule has 0 radical (unpaired) electrons. The fourth-order valence-corrected chi connectivity index (χ4v) is 2.86. The summed E-state index contributed by atoms with van der Waals surface area (Å²) < 4.78 is 26.2. The highest BCUT2D eigenvalue weighted by molar-refractivity contribution is 8.00. The van der Waals surface area contributed by atoms with Gasteiger partial charge in [-0.1, -0.05) is 35.7 Å². The third-order valence-corrected chi connectivity index (χ3v) is 3.99. The molecule has 112 valence electrons. The highest BCUT2D eigenvalue weighted by atomic mass is 32.2. The summed E-state index contributed by atoms with van der Waals surface area (Å²) in [6.07, 6.45) is 0. The van der Waals surface area contributed by atoms with Crippen molar-refractivity contribution in [1.82, 2.24) is 14.8 Å². The number of carboxylic acid groups (broad SMARTS) is 1. The van der Waals surface area contributed by atoms with Gasteiger partial charge in [0, 0.05) is 4.90 Å². The van der Waals surface area contributed by atoms with Crippen molar-refractivity contribution >= 4 is 29.5 Å². The van der Waals surface area contributed by atoms with Gasteiger partial charge in [0.2, 0.25) is 0 Å². The highest BCUT2D eigenvalue weighted by Crippen LogP contribution is 2.31. The Kier molecular flexibility index (Phi) is 5.02. The summed E-state index contributed by atoms with van der Waals surface area (Å²) >= 11 is 1.13. The fourth-order valence-electron chi connectivity index (χ4n) is 1.56. The van der Waals surface area contributed by atoms with E-state index in [9.17, 15) is 18.4 Å². The predicted octanol–water partition coefficient (Wildman–Crippen LogP) is 2.05. The van der Waals surface area contributed by atoms with Gasteiger partial charge in [-0.25, -0.2) is 14.5 Å². The van der Waals surface area contributed by atoms with Crippen LogP contribution in [0.15, 0.2) is 39.1 Å². The Morgan fingerprint density at radius 1 is 1.43 bits per heavy atom. The van der Waals surface area contributed by atoms with Crippen molar-refractivity contribution < 1.29 is 18.7 Å². The van der Waals surface area contributed by atoms with Crippen molar-refractivity contribution in [3.05, 3.63) is 34.7 Å². The fraction of sp³-hybridized carbons (Fsp3) is 0.182. The lowest BCUT2D eigenvalue weighted by Crippen LogP contribution is -2.16. The number of carboxylic acids is 1. The van der Waals surface area contributed by atoms with Gasteiger partial charge in [0.25, 0.3) is 5.76 Å². The number of alkyl halides is 2. The number of aromatic nitrogens is 3. The molecule has 1 aromatic heterocycles. The van der Waals surface area contributed by atoms with E-state index in [1.54, 1.807) is 12.1 Å². The van der Waals surface area contributed by atoms with E-state index in [1.165, 1.54) is 12.1 Å². The van der Waals surface area contributed by atoms with Crippen LogP contribution in [0.3, 0.4) is 0 Å². The first kappa shape index (κ1) is 15.6. The summed E-state index contributed by atoms with van der Waals surface area (Å²) in [4.78, 5) is 22.6. The quantitative estimate of drug-likeness (QED) is 0.787. The number of H-pyrrole nitrogens is 1. The van der Waals surface area contributed by atoms with E-state index in [4.69, 9.17) is 5.11 Å². The van der Waals surface area contributed by atoms with E-state index in [2.05, 4.69) is 10.2 Å². The molecular formula is C11H9F2N3O3S2. The minimum absolute atomic E-state index is 0.102. The van der Waals surface area contributed by atoms with Crippen molar-refractivity contribution in [2.24, 2.45) is 0 Å². The molecule has 0 unspecified atom stereocenters. The van der Waals surface area contributed by atoms with Gasteiger partial charge in [0.05, 0.1) is 11.4 Å². The number of thioether (sulfide) groups is 2. The number of para-hydroxylation sites is 1. The zero-order chi connectivity index (χ0) is 15.4. The van der Waals surface area contributed by atoms with Crippen LogP contribution in [-0.4, -0.2) is 37.4 Å². The third kappa shape index (κ3) is 3.85. The number of hydrogen-bond acceptors (Lipinski definition) is 5. The predicted molar refractivity (Wildman–Crippen MR) is 74.4 cm³/mol. The number of carbonyl (C=O) groups is 1. The minimum atomic E-state index is -2.64. The summed E-state index contributed by atoms with van der Waals surface area (Å²) in [5, 5.41) is 14.7. The van der Waals surface area contributed by atoms with Crippen LogP contribution in [0.1, 0.15) is 0 Å². The molecule has 1 heterocycles. The van der Waals surface area contributed by atoms with Crippen molar-refractivity contribution in [2.75, 3.05) is 5.75 Å². The van der Waals surface area contributed by atoms with E-state index in [-0.39, 0.29) is 21.5 Å². The Hall–Kier alpha value is -1.81. The van der Waals surface area contributed by atoms with Crippen LogP contribution in [0.4, 0.5) is 8.78 Å². The molecule has 0 bridgehead atoms. The largest absolute Gasteiger partial charge is 0.481 e. The lowest BCUT2D eigenvalue weighted by molar-refractivity contribution is -0.133. The number of nitrogens with zero attached hydrogens (tertiary/aromatic N) is 2. The van der Waals surface area contributed by atoms with Crippen molar-refractivity contribution in [1.29, 1.82) is 0 Å². The van der Waals surface area contributed by atoms with Gasteiger partial charge in [-0.05, 0) is 12.1 Å². The molecule has 2 N–H and O–H groups in total. The van der Waals surface area contributed by atoms with Gasteiger partial charge < -0.3 is 5.11 Å². The number of nitrogens with one attached hydrogen (secondary N) is 1. The molecule has 0 atom stereocenters. The van der Waals surface area contributed by atoms with Crippen LogP contribution in [-0.2, 0) is 4.79 Å². The monoisotopic (exact) mass is 333 g/mol. The summed E-state index contributed by atoms with van der Waals surface area (Å²) in [5.41, 5.74) is -0.389. The number of aromatic amines is 1. The van der Waals surface area contributed by atoms with Crippen molar-refractivity contribution in [3.8, 4) is 5.69 Å². The first-order chi connectivity index (χ1) is 9.99. The maximum absolute atomic E-state index is 12.6. The van der Waals surface area contributed by atoms with Gasteiger partial charge in [0.15, 0.2) is 5.16 Å². The second-order valence-corrected chi connectivity index (χ2v) is 5.65. The summed E-state index contributed by atoms with van der Waals surface area (Å²) in [5.74, 6) is -4.00. The van der Waals surface area contributed by atoms with Gasteiger partial charge in [0.1, 0.15) is 0 Å². The van der Waals surface area contributed by atoms with Gasteiger partial charge in [-0.15, -0.1) is 5.10 Å². The zero-order valence-electron chi connectivity index (χ0n) is 10.3. The van der Waals surface area contributed by atoms with Crippen LogP contribution in [0.25, 0.3) is 5.69 Å². The van der Waals surface area contributed by atoms with Crippen molar-refractivity contribution in [2.45, 2.75) is 15.8 Å². The van der Waals surface area contributed by atoms with Crippen LogP contribution in [0.5, 0.6) is 0 Å². The molecule has 21 heavy (non-hydrogen) atoms. The lowest BCUT2D eigenvalue weighted by Gasteiger charge is -2.10. The summed E-state index contributed by atoms with van der Waals surface area (Å²) in [7, 11) is 0. The summed E-state index contributed by atoms with van der Waals surface area (Å²) in [6, 6.07) is 6.11. The van der Waals surface area contributed by atoms with Crippen LogP contribution < -0.4 is 5.69 Å². The second-order valence-electron chi connectivity index (χ2n) is 3.68. The maximum atomic E-state index is 12.6. The van der Waals surface area contributed by atoms with Crippen LogP contribution in [0, 0.1) is 0 Å². The SMILES string of the molecule is O=C(O)CSc1n[nH]c(=O)n1-c1ccccc1SC(F)F. The Bertz CT molecular complexity index is 702. The molecule has 0 saturated carbocycles.